The molecule has 0 spiro atoms. The molecule has 2 N–H and O–H groups in total. The maximum Gasteiger partial charge on any atom is 0.356 e. The van der Waals surface area contributed by atoms with Crippen molar-refractivity contribution in [3.05, 3.63) is 23.8 Å². The molecule has 1 unspecified atom stereocenters. The lowest BCUT2D eigenvalue weighted by Crippen LogP contribution is -2.55. The second kappa shape index (κ2) is 7.58. The maximum atomic E-state index is 12.7. The van der Waals surface area contributed by atoms with Crippen LogP contribution in [0, 0.1) is 0 Å². The van der Waals surface area contributed by atoms with Crippen molar-refractivity contribution in [1.29, 1.82) is 0 Å². The number of hydrogen-bond acceptors (Lipinski definition) is 5. The van der Waals surface area contributed by atoms with E-state index < -0.39 is 17.9 Å². The highest BCUT2D eigenvalue weighted by Gasteiger charge is 2.34. The van der Waals surface area contributed by atoms with Crippen LogP contribution in [0.25, 0.3) is 0 Å². The zero-order valence-electron chi connectivity index (χ0n) is 14.0. The average molecular weight is 346 g/mol. The first-order chi connectivity index (χ1) is 12.1. The first-order valence-corrected chi connectivity index (χ1v) is 8.73. The minimum atomic E-state index is -1.20. The van der Waals surface area contributed by atoms with E-state index in [1.807, 2.05) is 4.90 Å². The molecule has 1 aromatic heterocycles. The molecule has 8 nitrogen and oxygen atoms in total. The Kier molecular flexibility index (Phi) is 5.25. The Bertz CT molecular complexity index is 655. The summed E-state index contributed by atoms with van der Waals surface area (Å²) in [5.41, 5.74) is -0.221. The Labute approximate surface area is 145 Å². The first-order valence-electron chi connectivity index (χ1n) is 8.73. The number of carbonyl (C=O) groups is 3. The summed E-state index contributed by atoms with van der Waals surface area (Å²) in [6, 6.07) is -0.264. The van der Waals surface area contributed by atoms with Crippen LogP contribution in [-0.4, -0.2) is 56.4 Å². The van der Waals surface area contributed by atoms with Crippen LogP contribution in [0.3, 0.4) is 0 Å². The van der Waals surface area contributed by atoms with Gasteiger partial charge in [0, 0.05) is 12.6 Å². The largest absolute Gasteiger partial charge is 0.476 e. The standard InChI is InChI=1S/C17H22N4O4/c22-15(13-9-19-14(10-18-13)17(24)25)20-12-7-4-8-21(16(12)23)11-5-2-1-3-6-11/h9-12H,1-8H2,(H,20,22)(H,24,25). The van der Waals surface area contributed by atoms with Gasteiger partial charge in [0.2, 0.25) is 5.91 Å². The fraction of sp³-hybridized carbons (Fsp3) is 0.588. The Morgan fingerprint density at radius 3 is 2.36 bits per heavy atom. The van der Waals surface area contributed by atoms with Gasteiger partial charge in [0.1, 0.15) is 11.7 Å². The van der Waals surface area contributed by atoms with Crippen molar-refractivity contribution in [2.75, 3.05) is 6.54 Å². The molecule has 134 valence electrons. The fourth-order valence-corrected chi connectivity index (χ4v) is 3.58. The van der Waals surface area contributed by atoms with Crippen molar-refractivity contribution < 1.29 is 19.5 Å². The number of carboxylic acids is 1. The monoisotopic (exact) mass is 346 g/mol. The quantitative estimate of drug-likeness (QED) is 0.848. The lowest BCUT2D eigenvalue weighted by Gasteiger charge is -2.39. The van der Waals surface area contributed by atoms with Gasteiger partial charge in [-0.1, -0.05) is 19.3 Å². The van der Waals surface area contributed by atoms with E-state index in [4.69, 9.17) is 5.11 Å². The molecule has 8 heteroatoms. The normalized spacial score (nSPS) is 21.8. The van der Waals surface area contributed by atoms with Gasteiger partial charge in [-0.15, -0.1) is 0 Å². The van der Waals surface area contributed by atoms with Gasteiger partial charge in [-0.2, -0.15) is 0 Å². The van der Waals surface area contributed by atoms with Gasteiger partial charge in [0.05, 0.1) is 12.4 Å². The minimum Gasteiger partial charge on any atom is -0.476 e. The highest BCUT2D eigenvalue weighted by atomic mass is 16.4. The Balaban J connectivity index is 1.63. The third kappa shape index (κ3) is 3.94. The SMILES string of the molecule is O=C(O)c1cnc(C(=O)NC2CCCN(C3CCCCC3)C2=O)cn1. The van der Waals surface area contributed by atoms with Gasteiger partial charge in [0.15, 0.2) is 5.69 Å². The number of rotatable bonds is 4. The molecule has 25 heavy (non-hydrogen) atoms. The Morgan fingerprint density at radius 2 is 1.72 bits per heavy atom. The van der Waals surface area contributed by atoms with Gasteiger partial charge >= 0.3 is 5.97 Å². The van der Waals surface area contributed by atoms with Crippen LogP contribution in [0.2, 0.25) is 0 Å². The topological polar surface area (TPSA) is 112 Å². The van der Waals surface area contributed by atoms with Crippen molar-refractivity contribution >= 4 is 17.8 Å². The van der Waals surface area contributed by atoms with E-state index >= 15 is 0 Å². The van der Waals surface area contributed by atoms with Gasteiger partial charge in [0.25, 0.3) is 5.91 Å². The molecule has 2 heterocycles. The number of nitrogens with one attached hydrogen (secondary N) is 1. The van der Waals surface area contributed by atoms with E-state index in [0.29, 0.717) is 6.42 Å². The maximum absolute atomic E-state index is 12.7. The van der Waals surface area contributed by atoms with E-state index in [-0.39, 0.29) is 23.3 Å². The second-order valence-corrected chi connectivity index (χ2v) is 6.58. The number of piperidine rings is 1. The van der Waals surface area contributed by atoms with E-state index in [1.54, 1.807) is 0 Å². The highest BCUT2D eigenvalue weighted by molar-refractivity contribution is 5.96. The molecule has 1 aliphatic heterocycles. The summed E-state index contributed by atoms with van der Waals surface area (Å²) in [6.07, 6.45) is 9.21. The molecule has 3 rings (SSSR count). The number of carboxylic acid groups (broad SMARTS) is 1. The van der Waals surface area contributed by atoms with Crippen molar-refractivity contribution in [2.45, 2.75) is 57.0 Å². The molecular formula is C17H22N4O4. The summed E-state index contributed by atoms with van der Waals surface area (Å²) in [7, 11) is 0. The Hall–Kier alpha value is -2.51. The number of hydrogen-bond donors (Lipinski definition) is 2. The minimum absolute atomic E-state index is 0.00703. The first kappa shape index (κ1) is 17.3. The van der Waals surface area contributed by atoms with Gasteiger partial charge in [-0.05, 0) is 25.7 Å². The molecule has 1 saturated carbocycles. The molecular weight excluding hydrogens is 324 g/mol. The summed E-state index contributed by atoms with van der Waals surface area (Å²) < 4.78 is 0. The second-order valence-electron chi connectivity index (χ2n) is 6.58. The highest BCUT2D eigenvalue weighted by Crippen LogP contribution is 2.26. The number of aromatic nitrogens is 2. The van der Waals surface area contributed by atoms with E-state index in [9.17, 15) is 14.4 Å². The number of nitrogens with zero attached hydrogens (tertiary/aromatic N) is 3. The predicted octanol–water partition coefficient (Wildman–Crippen LogP) is 1.23. The molecule has 1 aromatic rings. The molecule has 0 bridgehead atoms. The lowest BCUT2D eigenvalue weighted by molar-refractivity contribution is -0.139. The number of aromatic carboxylic acids is 1. The summed E-state index contributed by atoms with van der Waals surface area (Å²) in [6.45, 7) is 0.753. The van der Waals surface area contributed by atoms with Crippen molar-refractivity contribution in [2.24, 2.45) is 0 Å². The van der Waals surface area contributed by atoms with Crippen molar-refractivity contribution in [3.63, 3.8) is 0 Å². The van der Waals surface area contributed by atoms with E-state index in [0.717, 1.165) is 51.0 Å². The molecule has 2 amide bonds. The molecule has 1 aliphatic carbocycles. The molecule has 2 aliphatic rings. The van der Waals surface area contributed by atoms with Crippen LogP contribution in [-0.2, 0) is 4.79 Å². The van der Waals surface area contributed by atoms with Gasteiger partial charge < -0.3 is 15.3 Å². The van der Waals surface area contributed by atoms with E-state index in [1.165, 1.54) is 6.42 Å². The van der Waals surface area contributed by atoms with Crippen LogP contribution in [0.1, 0.15) is 65.9 Å². The van der Waals surface area contributed by atoms with Gasteiger partial charge in [-0.25, -0.2) is 14.8 Å². The van der Waals surface area contributed by atoms with Crippen LogP contribution in [0.5, 0.6) is 0 Å². The zero-order valence-corrected chi connectivity index (χ0v) is 14.0. The summed E-state index contributed by atoms with van der Waals surface area (Å²) in [4.78, 5) is 45.2. The van der Waals surface area contributed by atoms with Crippen LogP contribution in [0.4, 0.5) is 0 Å². The van der Waals surface area contributed by atoms with E-state index in [2.05, 4.69) is 15.3 Å². The zero-order chi connectivity index (χ0) is 17.8. The molecule has 1 saturated heterocycles. The van der Waals surface area contributed by atoms with Gasteiger partial charge in [-0.3, -0.25) is 9.59 Å². The smallest absolute Gasteiger partial charge is 0.356 e. The molecule has 0 radical (unpaired) electrons. The van der Waals surface area contributed by atoms with Crippen molar-refractivity contribution in [1.82, 2.24) is 20.2 Å². The molecule has 1 atom stereocenters. The molecule has 0 aromatic carbocycles. The van der Waals surface area contributed by atoms with Crippen LogP contribution in [0.15, 0.2) is 12.4 Å². The van der Waals surface area contributed by atoms with Crippen molar-refractivity contribution in [3.8, 4) is 0 Å². The third-order valence-corrected chi connectivity index (χ3v) is 4.90. The average Bonchev–Trinajstić information content (AvgIpc) is 2.64. The lowest BCUT2D eigenvalue weighted by atomic mass is 9.91. The summed E-state index contributed by atoms with van der Waals surface area (Å²) >= 11 is 0. The number of carbonyl (C=O) groups excluding carboxylic acids is 2. The number of likely N-dealkylation sites (tertiary alicyclic amines) is 1. The number of amides is 2. The Morgan fingerprint density at radius 1 is 1.04 bits per heavy atom. The van der Waals surface area contributed by atoms with Crippen LogP contribution >= 0.6 is 0 Å². The summed E-state index contributed by atoms with van der Waals surface area (Å²) in [5, 5.41) is 11.5. The third-order valence-electron chi connectivity index (χ3n) is 4.90. The molecule has 2 fully saturated rings. The predicted molar refractivity (Wildman–Crippen MR) is 88.1 cm³/mol. The van der Waals surface area contributed by atoms with Crippen LogP contribution < -0.4 is 5.32 Å². The fourth-order valence-electron chi connectivity index (χ4n) is 3.58. The summed E-state index contributed by atoms with van der Waals surface area (Å²) in [5.74, 6) is -1.74.